The molecule has 2 nitrogen and oxygen atoms in total. The van der Waals surface area contributed by atoms with Gasteiger partial charge in [-0.05, 0) is 61.2 Å². The zero-order chi connectivity index (χ0) is 15.3. The summed E-state index contributed by atoms with van der Waals surface area (Å²) in [5.41, 5.74) is 0.456. The quantitative estimate of drug-likeness (QED) is 0.468. The first-order valence-electron chi connectivity index (χ1n) is 7.37. The van der Waals surface area contributed by atoms with Gasteiger partial charge in [0.25, 0.3) is 0 Å². The third-order valence-electron chi connectivity index (χ3n) is 3.77. The molecule has 21 heavy (non-hydrogen) atoms. The molecule has 2 rings (SSSR count). The van der Waals surface area contributed by atoms with Crippen LogP contribution in [0.25, 0.3) is 0 Å². The molecule has 0 amide bonds. The number of hydrogen-bond acceptors (Lipinski definition) is 2. The third-order valence-corrected chi connectivity index (χ3v) is 5.30. The van der Waals surface area contributed by atoms with Crippen LogP contribution in [0.2, 0.25) is 5.02 Å². The highest BCUT2D eigenvalue weighted by Crippen LogP contribution is 2.36. The second kappa shape index (κ2) is 7.70. The lowest BCUT2D eigenvalue weighted by atomic mass is 9.92. The van der Waals surface area contributed by atoms with Gasteiger partial charge in [-0.15, -0.1) is 11.8 Å². The van der Waals surface area contributed by atoms with E-state index in [4.69, 9.17) is 23.8 Å². The van der Waals surface area contributed by atoms with Gasteiger partial charge < -0.3 is 10.6 Å². The van der Waals surface area contributed by atoms with Crippen molar-refractivity contribution in [3.05, 3.63) is 29.3 Å². The van der Waals surface area contributed by atoms with E-state index in [-0.39, 0.29) is 0 Å². The van der Waals surface area contributed by atoms with Crippen molar-refractivity contribution in [2.75, 3.05) is 12.3 Å². The summed E-state index contributed by atoms with van der Waals surface area (Å²) in [4.78, 5) is 1.23. The van der Waals surface area contributed by atoms with Crippen LogP contribution >= 0.6 is 35.6 Å². The van der Waals surface area contributed by atoms with E-state index in [9.17, 15) is 0 Å². The van der Waals surface area contributed by atoms with Crippen LogP contribution in [0.4, 0.5) is 0 Å². The van der Waals surface area contributed by atoms with Crippen LogP contribution in [0.3, 0.4) is 0 Å². The van der Waals surface area contributed by atoms with Gasteiger partial charge in [0.1, 0.15) is 0 Å². The van der Waals surface area contributed by atoms with Crippen LogP contribution < -0.4 is 10.6 Å². The summed E-state index contributed by atoms with van der Waals surface area (Å²) in [6.45, 7) is 5.52. The van der Waals surface area contributed by atoms with Crippen molar-refractivity contribution in [2.24, 2.45) is 5.41 Å². The summed E-state index contributed by atoms with van der Waals surface area (Å²) in [6, 6.07) is 8.47. The van der Waals surface area contributed by atoms with Crippen molar-refractivity contribution in [3.8, 4) is 0 Å². The summed E-state index contributed by atoms with van der Waals surface area (Å²) in [5.74, 6) is 0.986. The first kappa shape index (κ1) is 16.9. The van der Waals surface area contributed by atoms with E-state index in [0.29, 0.717) is 11.5 Å². The first-order valence-corrected chi connectivity index (χ1v) is 9.14. The van der Waals surface area contributed by atoms with Crippen LogP contribution in [0, 0.1) is 5.41 Å². The van der Waals surface area contributed by atoms with Gasteiger partial charge in [-0.2, -0.15) is 0 Å². The zero-order valence-electron chi connectivity index (χ0n) is 12.6. The number of thioether (sulfide) groups is 1. The maximum absolute atomic E-state index is 5.87. The molecule has 1 aliphatic rings. The predicted octanol–water partition coefficient (Wildman–Crippen LogP) is 4.47. The average molecular weight is 343 g/mol. The molecular weight excluding hydrogens is 320 g/mol. The molecular formula is C16H23ClN2S2. The number of thiocarbonyl (C=S) groups is 1. The molecule has 0 aromatic heterocycles. The highest BCUT2D eigenvalue weighted by Gasteiger charge is 2.30. The Hall–Kier alpha value is -0.450. The minimum atomic E-state index is 0.456. The maximum Gasteiger partial charge on any atom is 0.166 e. The fraction of sp³-hybridized carbons (Fsp3) is 0.562. The lowest BCUT2D eigenvalue weighted by Gasteiger charge is -2.19. The normalized spacial score (nSPS) is 20.2. The smallest absolute Gasteiger partial charge is 0.166 e. The van der Waals surface area contributed by atoms with Crippen molar-refractivity contribution < 1.29 is 0 Å². The third kappa shape index (κ3) is 6.05. The molecule has 1 aromatic rings. The van der Waals surface area contributed by atoms with E-state index in [1.807, 2.05) is 24.3 Å². The van der Waals surface area contributed by atoms with Gasteiger partial charge in [-0.25, -0.2) is 0 Å². The second-order valence-electron chi connectivity index (χ2n) is 6.31. The summed E-state index contributed by atoms with van der Waals surface area (Å²) in [6.07, 6.45) is 3.70. The van der Waals surface area contributed by atoms with E-state index < -0.39 is 0 Å². The topological polar surface area (TPSA) is 24.1 Å². The summed E-state index contributed by atoms with van der Waals surface area (Å²) in [5, 5.41) is 8.29. The van der Waals surface area contributed by atoms with E-state index in [1.165, 1.54) is 24.2 Å². The number of rotatable bonds is 5. The maximum atomic E-state index is 5.87. The molecule has 0 heterocycles. The molecule has 0 spiro atoms. The van der Waals surface area contributed by atoms with Crippen molar-refractivity contribution in [3.63, 3.8) is 0 Å². The van der Waals surface area contributed by atoms with Crippen LogP contribution in [0.15, 0.2) is 29.2 Å². The molecule has 1 fully saturated rings. The molecule has 1 saturated carbocycles. The predicted molar refractivity (Wildman–Crippen MR) is 97.3 cm³/mol. The Bertz CT molecular complexity index is 474. The SMILES string of the molecule is CC1(C)CCC(NC(=S)NCCSc2ccc(Cl)cc2)C1. The fourth-order valence-corrected chi connectivity index (χ4v) is 3.82. The number of halogens is 1. The Balaban J connectivity index is 1.60. The fourth-order valence-electron chi connectivity index (χ4n) is 2.66. The van der Waals surface area contributed by atoms with Crippen molar-refractivity contribution in [1.29, 1.82) is 0 Å². The van der Waals surface area contributed by atoms with Gasteiger partial charge in [0.05, 0.1) is 0 Å². The molecule has 1 atom stereocenters. The van der Waals surface area contributed by atoms with Gasteiger partial charge >= 0.3 is 0 Å². The van der Waals surface area contributed by atoms with Crippen LogP contribution in [-0.2, 0) is 0 Å². The zero-order valence-corrected chi connectivity index (χ0v) is 15.0. The Morgan fingerprint density at radius 2 is 2.10 bits per heavy atom. The highest BCUT2D eigenvalue weighted by molar-refractivity contribution is 7.99. The van der Waals surface area contributed by atoms with E-state index >= 15 is 0 Å². The average Bonchev–Trinajstić information content (AvgIpc) is 2.76. The molecule has 0 saturated heterocycles. The number of benzene rings is 1. The lowest BCUT2D eigenvalue weighted by Crippen LogP contribution is -2.41. The van der Waals surface area contributed by atoms with Gasteiger partial charge in [-0.1, -0.05) is 25.4 Å². The standard InChI is InChI=1S/C16H23ClN2S2/c1-16(2)8-7-13(11-16)19-15(20)18-9-10-21-14-5-3-12(17)4-6-14/h3-6,13H,7-11H2,1-2H3,(H2,18,19,20). The molecule has 0 aliphatic heterocycles. The molecule has 1 aliphatic carbocycles. The summed E-state index contributed by atoms with van der Waals surface area (Å²) in [7, 11) is 0. The Kier molecular flexibility index (Phi) is 6.20. The summed E-state index contributed by atoms with van der Waals surface area (Å²) >= 11 is 13.0. The Labute approximate surface area is 142 Å². The molecule has 0 bridgehead atoms. The van der Waals surface area contributed by atoms with E-state index in [2.05, 4.69) is 24.5 Å². The summed E-state index contributed by atoms with van der Waals surface area (Å²) < 4.78 is 0. The first-order chi connectivity index (χ1) is 9.94. The van der Waals surface area contributed by atoms with Crippen molar-refractivity contribution in [1.82, 2.24) is 10.6 Å². The van der Waals surface area contributed by atoms with Crippen LogP contribution in [0.5, 0.6) is 0 Å². The van der Waals surface area contributed by atoms with Crippen LogP contribution in [-0.4, -0.2) is 23.5 Å². The monoisotopic (exact) mass is 342 g/mol. The van der Waals surface area contributed by atoms with Gasteiger partial charge in [0, 0.05) is 28.3 Å². The minimum Gasteiger partial charge on any atom is -0.362 e. The minimum absolute atomic E-state index is 0.456. The van der Waals surface area contributed by atoms with E-state index in [0.717, 1.165) is 22.4 Å². The molecule has 0 radical (unpaired) electrons. The largest absolute Gasteiger partial charge is 0.362 e. The molecule has 2 N–H and O–H groups in total. The molecule has 116 valence electrons. The molecule has 1 unspecified atom stereocenters. The Morgan fingerprint density at radius 1 is 1.38 bits per heavy atom. The Morgan fingerprint density at radius 3 is 2.71 bits per heavy atom. The van der Waals surface area contributed by atoms with Crippen molar-refractivity contribution >= 4 is 40.7 Å². The van der Waals surface area contributed by atoms with E-state index in [1.54, 1.807) is 11.8 Å². The number of nitrogens with one attached hydrogen (secondary N) is 2. The van der Waals surface area contributed by atoms with Crippen molar-refractivity contribution in [2.45, 2.75) is 44.0 Å². The van der Waals surface area contributed by atoms with Gasteiger partial charge in [-0.3, -0.25) is 0 Å². The van der Waals surface area contributed by atoms with Gasteiger partial charge in [0.2, 0.25) is 0 Å². The molecule has 5 heteroatoms. The number of hydrogen-bond donors (Lipinski definition) is 2. The van der Waals surface area contributed by atoms with Gasteiger partial charge in [0.15, 0.2) is 5.11 Å². The second-order valence-corrected chi connectivity index (χ2v) is 8.32. The highest BCUT2D eigenvalue weighted by atomic mass is 35.5. The molecule has 1 aromatic carbocycles. The van der Waals surface area contributed by atoms with Crippen LogP contribution in [0.1, 0.15) is 33.1 Å². The lowest BCUT2D eigenvalue weighted by molar-refractivity contribution is 0.372.